The predicted octanol–water partition coefficient (Wildman–Crippen LogP) is 2.97. The van der Waals surface area contributed by atoms with Gasteiger partial charge in [-0.3, -0.25) is 4.79 Å². The number of aliphatic hydroxyl groups is 1. The van der Waals surface area contributed by atoms with Crippen molar-refractivity contribution in [3.8, 4) is 5.75 Å². The molecular weight excluding hydrogens is 278 g/mol. The van der Waals surface area contributed by atoms with Crippen LogP contribution in [-0.2, 0) is 10.2 Å². The highest BCUT2D eigenvalue weighted by Crippen LogP contribution is 2.25. The zero-order valence-electron chi connectivity index (χ0n) is 12.9. The van der Waals surface area contributed by atoms with Gasteiger partial charge in [-0.1, -0.05) is 30.3 Å². The van der Waals surface area contributed by atoms with Crippen LogP contribution in [0, 0.1) is 0 Å². The van der Waals surface area contributed by atoms with Crippen LogP contribution in [0.25, 0.3) is 0 Å². The van der Waals surface area contributed by atoms with E-state index in [9.17, 15) is 4.79 Å². The fourth-order valence-electron chi connectivity index (χ4n) is 2.07. The lowest BCUT2D eigenvalue weighted by molar-refractivity contribution is -0.120. The van der Waals surface area contributed by atoms with Gasteiger partial charge in [0, 0.05) is 5.69 Å². The van der Waals surface area contributed by atoms with Crippen LogP contribution in [0.1, 0.15) is 19.4 Å². The minimum Gasteiger partial charge on any atom is -0.491 e. The summed E-state index contributed by atoms with van der Waals surface area (Å²) in [4.78, 5) is 12.5. The fourth-order valence-corrected chi connectivity index (χ4v) is 2.07. The number of amides is 1. The first kappa shape index (κ1) is 16.0. The van der Waals surface area contributed by atoms with Gasteiger partial charge in [-0.2, -0.15) is 0 Å². The molecule has 0 aliphatic carbocycles. The Bertz CT molecular complexity index is 606. The van der Waals surface area contributed by atoms with Gasteiger partial charge in [0.05, 0.1) is 12.0 Å². The van der Waals surface area contributed by atoms with E-state index in [1.54, 1.807) is 24.3 Å². The predicted molar refractivity (Wildman–Crippen MR) is 87.1 cm³/mol. The molecule has 22 heavy (non-hydrogen) atoms. The third-order valence-electron chi connectivity index (χ3n) is 3.54. The Labute approximate surface area is 130 Å². The van der Waals surface area contributed by atoms with Crippen LogP contribution in [0.15, 0.2) is 54.6 Å². The number of anilines is 1. The number of nitrogens with one attached hydrogen (secondary N) is 1. The van der Waals surface area contributed by atoms with E-state index in [0.29, 0.717) is 11.4 Å². The molecule has 0 bridgehead atoms. The van der Waals surface area contributed by atoms with E-state index in [4.69, 9.17) is 9.84 Å². The van der Waals surface area contributed by atoms with Gasteiger partial charge in [0.2, 0.25) is 5.91 Å². The summed E-state index contributed by atoms with van der Waals surface area (Å²) in [5.41, 5.74) is 1.06. The molecule has 1 amide bonds. The molecule has 0 heterocycles. The van der Waals surface area contributed by atoms with Crippen LogP contribution < -0.4 is 10.1 Å². The van der Waals surface area contributed by atoms with Gasteiger partial charge < -0.3 is 15.2 Å². The fraction of sp³-hybridized carbons (Fsp3) is 0.278. The molecule has 0 saturated heterocycles. The van der Waals surface area contributed by atoms with Crippen molar-refractivity contribution in [3.05, 3.63) is 60.2 Å². The molecule has 2 rings (SSSR count). The number of benzene rings is 2. The van der Waals surface area contributed by atoms with Crippen molar-refractivity contribution in [3.63, 3.8) is 0 Å². The van der Waals surface area contributed by atoms with Crippen LogP contribution in [0.3, 0.4) is 0 Å². The maximum absolute atomic E-state index is 12.5. The van der Waals surface area contributed by atoms with Crippen LogP contribution in [0.2, 0.25) is 0 Å². The van der Waals surface area contributed by atoms with E-state index in [1.165, 1.54) is 0 Å². The Balaban J connectivity index is 2.05. The van der Waals surface area contributed by atoms with Crippen LogP contribution >= 0.6 is 0 Å². The number of aliphatic hydroxyl groups excluding tert-OH is 1. The first-order valence-corrected chi connectivity index (χ1v) is 7.25. The third-order valence-corrected chi connectivity index (χ3v) is 3.54. The van der Waals surface area contributed by atoms with Gasteiger partial charge in [-0.15, -0.1) is 0 Å². The summed E-state index contributed by atoms with van der Waals surface area (Å²) < 4.78 is 5.29. The Hall–Kier alpha value is -2.33. The SMILES string of the molecule is CC(C)(C(=O)Nc1ccc(OCCO)cc1)c1ccccc1. The maximum Gasteiger partial charge on any atom is 0.234 e. The monoisotopic (exact) mass is 299 g/mol. The normalized spacial score (nSPS) is 11.0. The number of hydrogen-bond donors (Lipinski definition) is 2. The van der Waals surface area contributed by atoms with Crippen LogP contribution in [0.4, 0.5) is 5.69 Å². The number of carbonyl (C=O) groups is 1. The van der Waals surface area contributed by atoms with Gasteiger partial charge in [0.25, 0.3) is 0 Å². The van der Waals surface area contributed by atoms with E-state index in [2.05, 4.69) is 5.32 Å². The average Bonchev–Trinajstić information content (AvgIpc) is 2.55. The average molecular weight is 299 g/mol. The molecule has 4 heteroatoms. The smallest absolute Gasteiger partial charge is 0.234 e. The highest BCUT2D eigenvalue weighted by Gasteiger charge is 2.29. The van der Waals surface area contributed by atoms with Crippen molar-refractivity contribution in [2.45, 2.75) is 19.3 Å². The van der Waals surface area contributed by atoms with Gasteiger partial charge in [0.1, 0.15) is 12.4 Å². The summed E-state index contributed by atoms with van der Waals surface area (Å²) in [6.45, 7) is 4.03. The molecule has 0 aliphatic heterocycles. The zero-order chi connectivity index (χ0) is 16.0. The number of carbonyl (C=O) groups excluding carboxylic acids is 1. The number of ether oxygens (including phenoxy) is 1. The molecule has 2 aromatic rings. The molecule has 4 nitrogen and oxygen atoms in total. The largest absolute Gasteiger partial charge is 0.491 e. The Morgan fingerprint density at radius 3 is 2.32 bits per heavy atom. The molecule has 0 spiro atoms. The zero-order valence-corrected chi connectivity index (χ0v) is 12.9. The summed E-state index contributed by atoms with van der Waals surface area (Å²) in [6, 6.07) is 16.8. The molecule has 2 N–H and O–H groups in total. The van der Waals surface area contributed by atoms with Crippen LogP contribution in [-0.4, -0.2) is 24.2 Å². The molecule has 0 aliphatic rings. The minimum absolute atomic E-state index is 0.0241. The number of rotatable bonds is 6. The summed E-state index contributed by atoms with van der Waals surface area (Å²) in [5.74, 6) is 0.595. The highest BCUT2D eigenvalue weighted by atomic mass is 16.5. The summed E-state index contributed by atoms with van der Waals surface area (Å²) in [6.07, 6.45) is 0. The molecule has 0 fully saturated rings. The van der Waals surface area contributed by atoms with Crippen molar-refractivity contribution in [2.75, 3.05) is 18.5 Å². The van der Waals surface area contributed by atoms with E-state index in [0.717, 1.165) is 5.56 Å². The lowest BCUT2D eigenvalue weighted by Gasteiger charge is -2.24. The van der Waals surface area contributed by atoms with Crippen molar-refractivity contribution in [1.82, 2.24) is 0 Å². The van der Waals surface area contributed by atoms with Crippen molar-refractivity contribution in [1.29, 1.82) is 0 Å². The molecular formula is C18H21NO3. The Morgan fingerprint density at radius 1 is 1.09 bits per heavy atom. The van der Waals surface area contributed by atoms with E-state index in [1.807, 2.05) is 44.2 Å². The standard InChI is InChI=1S/C18H21NO3/c1-18(2,14-6-4-3-5-7-14)17(21)19-15-8-10-16(11-9-15)22-13-12-20/h3-11,20H,12-13H2,1-2H3,(H,19,21). The van der Waals surface area contributed by atoms with Gasteiger partial charge in [-0.05, 0) is 43.7 Å². The van der Waals surface area contributed by atoms with Crippen LogP contribution in [0.5, 0.6) is 5.75 Å². The quantitative estimate of drug-likeness (QED) is 0.862. The minimum atomic E-state index is -0.618. The molecule has 0 atom stereocenters. The van der Waals surface area contributed by atoms with Gasteiger partial charge >= 0.3 is 0 Å². The van der Waals surface area contributed by atoms with Crippen molar-refractivity contribution in [2.24, 2.45) is 0 Å². The summed E-state index contributed by atoms with van der Waals surface area (Å²) in [5, 5.41) is 11.6. The van der Waals surface area contributed by atoms with Crippen molar-refractivity contribution < 1.29 is 14.6 Å². The maximum atomic E-state index is 12.5. The molecule has 0 unspecified atom stereocenters. The molecule has 116 valence electrons. The highest BCUT2D eigenvalue weighted by molar-refractivity contribution is 5.98. The Kier molecular flexibility index (Phi) is 5.17. The second kappa shape index (κ2) is 7.09. The number of hydrogen-bond acceptors (Lipinski definition) is 3. The first-order chi connectivity index (χ1) is 10.5. The molecule has 0 saturated carbocycles. The van der Waals surface area contributed by atoms with E-state index < -0.39 is 5.41 Å². The Morgan fingerprint density at radius 2 is 1.73 bits per heavy atom. The summed E-state index contributed by atoms with van der Waals surface area (Å²) >= 11 is 0. The van der Waals surface area contributed by atoms with Crippen molar-refractivity contribution >= 4 is 11.6 Å². The van der Waals surface area contributed by atoms with E-state index >= 15 is 0 Å². The topological polar surface area (TPSA) is 58.6 Å². The molecule has 0 radical (unpaired) electrons. The second-order valence-electron chi connectivity index (χ2n) is 5.54. The molecule has 2 aromatic carbocycles. The summed E-state index contributed by atoms with van der Waals surface area (Å²) in [7, 11) is 0. The molecule has 0 aromatic heterocycles. The van der Waals surface area contributed by atoms with E-state index in [-0.39, 0.29) is 19.1 Å². The van der Waals surface area contributed by atoms with Gasteiger partial charge in [0.15, 0.2) is 0 Å². The van der Waals surface area contributed by atoms with Gasteiger partial charge in [-0.25, -0.2) is 0 Å². The third kappa shape index (κ3) is 3.86. The second-order valence-corrected chi connectivity index (χ2v) is 5.54. The lowest BCUT2D eigenvalue weighted by atomic mass is 9.83. The lowest BCUT2D eigenvalue weighted by Crippen LogP contribution is -2.34. The first-order valence-electron chi connectivity index (χ1n) is 7.25.